The van der Waals surface area contributed by atoms with E-state index in [1.807, 2.05) is 0 Å². The van der Waals surface area contributed by atoms with Crippen molar-refractivity contribution in [1.82, 2.24) is 14.6 Å². The average Bonchev–Trinajstić information content (AvgIpc) is 2.97. The minimum absolute atomic E-state index is 0.0504. The van der Waals surface area contributed by atoms with Crippen LogP contribution in [0.4, 0.5) is 19.0 Å². The van der Waals surface area contributed by atoms with Crippen LogP contribution in [0.3, 0.4) is 0 Å². The van der Waals surface area contributed by atoms with E-state index < -0.39 is 16.7 Å². The molecule has 0 atom stereocenters. The molecule has 25 heavy (non-hydrogen) atoms. The largest absolute Gasteiger partial charge is 0.493 e. The molecule has 0 aromatic carbocycles. The fourth-order valence-corrected chi connectivity index (χ4v) is 2.84. The third kappa shape index (κ3) is 3.05. The molecule has 2 aromatic rings. The maximum absolute atomic E-state index is 12.8. The van der Waals surface area contributed by atoms with E-state index in [2.05, 4.69) is 10.1 Å². The monoisotopic (exact) mass is 370 g/mol. The number of ether oxygens (including phenoxy) is 1. The Balaban J connectivity index is 2.16. The summed E-state index contributed by atoms with van der Waals surface area (Å²) in [6.45, 7) is 0. The van der Waals surface area contributed by atoms with Crippen molar-refractivity contribution in [3.8, 4) is 0 Å². The van der Waals surface area contributed by atoms with E-state index in [1.165, 1.54) is 31.4 Å². The molecule has 2 aromatic heterocycles. The zero-order chi connectivity index (χ0) is 18.4. The molecule has 1 aliphatic rings. The molecule has 1 aliphatic carbocycles. The molecule has 0 saturated carbocycles. The first-order chi connectivity index (χ1) is 11.7. The number of hydrogen-bond acceptors (Lipinski definition) is 7. The Bertz CT molecular complexity index is 1030. The number of methoxy groups -OCH3 is 1. The lowest BCUT2D eigenvalue weighted by Crippen LogP contribution is -2.17. The number of allylic oxidation sites excluding steroid dienone is 4. The van der Waals surface area contributed by atoms with Gasteiger partial charge in [-0.2, -0.15) is 22.7 Å². The number of carbonyl (C=O) groups excluding carboxylic acids is 1. The van der Waals surface area contributed by atoms with Gasteiger partial charge in [0.15, 0.2) is 5.76 Å². The van der Waals surface area contributed by atoms with Crippen LogP contribution >= 0.6 is 11.3 Å². The number of ketones is 1. The molecule has 11 heteroatoms. The number of nitrogen functional groups attached to an aromatic ring is 1. The second-order valence-electron chi connectivity index (χ2n) is 4.87. The van der Waals surface area contributed by atoms with Gasteiger partial charge in [0.25, 0.3) is 5.56 Å². The lowest BCUT2D eigenvalue weighted by Gasteiger charge is -2.08. The van der Waals surface area contributed by atoms with Gasteiger partial charge in [-0.05, 0) is 23.8 Å². The van der Waals surface area contributed by atoms with Crippen LogP contribution in [0.25, 0.3) is 11.0 Å². The highest BCUT2D eigenvalue weighted by Crippen LogP contribution is 2.33. The van der Waals surface area contributed by atoms with E-state index in [9.17, 15) is 22.8 Å². The summed E-state index contributed by atoms with van der Waals surface area (Å²) in [6, 6.07) is 0. The summed E-state index contributed by atoms with van der Waals surface area (Å²) in [4.78, 5) is 26.9. The number of aromatic nitrogens is 3. The highest BCUT2D eigenvalue weighted by atomic mass is 32.1. The number of halogens is 3. The lowest BCUT2D eigenvalue weighted by molar-refractivity contribution is -0.138. The number of nitrogens with two attached hydrogens (primary N) is 1. The van der Waals surface area contributed by atoms with E-state index in [0.29, 0.717) is 5.57 Å². The van der Waals surface area contributed by atoms with Crippen LogP contribution in [0.5, 0.6) is 0 Å². The maximum Gasteiger partial charge on any atom is 0.445 e. The Morgan fingerprint density at radius 2 is 2.04 bits per heavy atom. The van der Waals surface area contributed by atoms with Crippen molar-refractivity contribution in [3.05, 3.63) is 50.5 Å². The molecular weight excluding hydrogens is 361 g/mol. The van der Waals surface area contributed by atoms with Gasteiger partial charge in [-0.15, -0.1) is 5.10 Å². The predicted octanol–water partition coefficient (Wildman–Crippen LogP) is 1.80. The van der Waals surface area contributed by atoms with Gasteiger partial charge in [0.05, 0.1) is 12.7 Å². The Hall–Kier alpha value is -2.95. The maximum atomic E-state index is 12.8. The number of rotatable bonds is 2. The third-order valence-electron chi connectivity index (χ3n) is 3.23. The molecule has 0 fully saturated rings. The highest BCUT2D eigenvalue weighted by molar-refractivity contribution is 7.16. The first-order valence-electron chi connectivity index (χ1n) is 6.67. The summed E-state index contributed by atoms with van der Waals surface area (Å²) in [6.07, 6.45) is 0.648. The summed E-state index contributed by atoms with van der Waals surface area (Å²) in [5.74, 6) is -0.589. The molecule has 0 radical (unpaired) electrons. The number of carbonyl (C=O) groups is 1. The van der Waals surface area contributed by atoms with Crippen molar-refractivity contribution in [3.63, 3.8) is 0 Å². The molecule has 0 aliphatic heterocycles. The van der Waals surface area contributed by atoms with Gasteiger partial charge in [0.2, 0.25) is 15.8 Å². The van der Waals surface area contributed by atoms with Crippen LogP contribution in [0, 0.1) is 0 Å². The van der Waals surface area contributed by atoms with Crippen molar-refractivity contribution in [2.24, 2.45) is 0 Å². The predicted molar refractivity (Wildman–Crippen MR) is 83.8 cm³/mol. The third-order valence-corrected chi connectivity index (χ3v) is 4.19. The quantitative estimate of drug-likeness (QED) is 0.865. The van der Waals surface area contributed by atoms with Gasteiger partial charge in [0, 0.05) is 0 Å². The van der Waals surface area contributed by atoms with Gasteiger partial charge in [-0.25, -0.2) is 0 Å². The summed E-state index contributed by atoms with van der Waals surface area (Å²) < 4.78 is 44.0. The van der Waals surface area contributed by atoms with Crippen LogP contribution < -0.4 is 11.3 Å². The van der Waals surface area contributed by atoms with Crippen molar-refractivity contribution in [1.29, 1.82) is 0 Å². The van der Waals surface area contributed by atoms with Gasteiger partial charge in [0.1, 0.15) is 5.82 Å². The number of hydrogen-bond donors (Lipinski definition) is 1. The Morgan fingerprint density at radius 3 is 2.68 bits per heavy atom. The fourth-order valence-electron chi connectivity index (χ4n) is 2.07. The summed E-state index contributed by atoms with van der Waals surface area (Å²) >= 11 is 0.216. The van der Waals surface area contributed by atoms with Crippen molar-refractivity contribution in [2.45, 2.75) is 6.18 Å². The van der Waals surface area contributed by atoms with E-state index >= 15 is 0 Å². The van der Waals surface area contributed by atoms with Gasteiger partial charge >= 0.3 is 6.18 Å². The summed E-state index contributed by atoms with van der Waals surface area (Å²) in [5.41, 5.74) is 5.25. The van der Waals surface area contributed by atoms with E-state index in [1.54, 1.807) is 0 Å². The number of alkyl halides is 3. The van der Waals surface area contributed by atoms with Crippen LogP contribution in [-0.2, 0) is 15.7 Å². The SMILES string of the molecule is COC1=C/C(=C\c2c(N)n3nc(C(F)(F)F)sc3nc2=O)C=CC1=O. The van der Waals surface area contributed by atoms with Crippen molar-refractivity contribution < 1.29 is 22.7 Å². The van der Waals surface area contributed by atoms with E-state index in [-0.39, 0.29) is 39.2 Å². The van der Waals surface area contributed by atoms with E-state index in [0.717, 1.165) is 4.52 Å². The second-order valence-corrected chi connectivity index (χ2v) is 5.83. The topological polar surface area (TPSA) is 99.6 Å². The first-order valence-corrected chi connectivity index (χ1v) is 7.48. The number of nitrogens with zero attached hydrogens (tertiary/aromatic N) is 3. The molecule has 0 amide bonds. The van der Waals surface area contributed by atoms with E-state index in [4.69, 9.17) is 10.5 Å². The smallest absolute Gasteiger partial charge is 0.445 e. The van der Waals surface area contributed by atoms with Crippen molar-refractivity contribution in [2.75, 3.05) is 12.8 Å². The van der Waals surface area contributed by atoms with Gasteiger partial charge < -0.3 is 10.5 Å². The van der Waals surface area contributed by atoms with Crippen LogP contribution in [-0.4, -0.2) is 27.5 Å². The molecule has 7 nitrogen and oxygen atoms in total. The zero-order valence-electron chi connectivity index (χ0n) is 12.5. The molecule has 130 valence electrons. The van der Waals surface area contributed by atoms with Gasteiger partial charge in [-0.3, -0.25) is 9.59 Å². The molecule has 0 unspecified atom stereocenters. The fraction of sp³-hybridized carbons (Fsp3) is 0.143. The van der Waals surface area contributed by atoms with Crippen molar-refractivity contribution >= 4 is 34.0 Å². The van der Waals surface area contributed by atoms with Gasteiger partial charge in [-0.1, -0.05) is 17.4 Å². The molecular formula is C14H9F3N4O3S. The number of anilines is 1. The van der Waals surface area contributed by atoms with Crippen LogP contribution in [0.1, 0.15) is 10.6 Å². The first kappa shape index (κ1) is 16.9. The summed E-state index contributed by atoms with van der Waals surface area (Å²) in [7, 11) is 1.31. The Morgan fingerprint density at radius 1 is 1.32 bits per heavy atom. The lowest BCUT2D eigenvalue weighted by atomic mass is 10.0. The van der Waals surface area contributed by atoms with Crippen LogP contribution in [0.2, 0.25) is 0 Å². The standard InChI is InChI=1S/C14H9F3N4O3S/c1-24-9-5-6(2-3-8(9)22)4-7-10(18)21-13(19-11(7)23)25-12(20-21)14(15,16)17/h2-5H,18H2,1H3/b6-4-. The molecule has 2 heterocycles. The Labute approximate surface area is 141 Å². The Kier molecular flexibility index (Phi) is 3.95. The molecule has 0 spiro atoms. The van der Waals surface area contributed by atoms with Crippen LogP contribution in [0.15, 0.2) is 34.4 Å². The normalized spacial score (nSPS) is 16.6. The molecule has 0 saturated heterocycles. The number of fused-ring (bicyclic) bond motifs is 1. The minimum Gasteiger partial charge on any atom is -0.493 e. The minimum atomic E-state index is -4.67. The second kappa shape index (κ2) is 5.84. The molecule has 2 N–H and O–H groups in total. The highest BCUT2D eigenvalue weighted by Gasteiger charge is 2.36. The zero-order valence-corrected chi connectivity index (χ0v) is 13.3. The molecule has 0 bridgehead atoms. The average molecular weight is 370 g/mol. The molecule has 3 rings (SSSR count). The summed E-state index contributed by atoms with van der Waals surface area (Å²) in [5, 5.41) is 2.20.